The summed E-state index contributed by atoms with van der Waals surface area (Å²) in [6.07, 6.45) is 2.03. The molecule has 1 aromatic carbocycles. The molecule has 1 aliphatic rings. The largest absolute Gasteiger partial charge is 0.481 e. The Kier molecular flexibility index (Phi) is 3.51. The summed E-state index contributed by atoms with van der Waals surface area (Å²) in [5, 5.41) is 9.93. The minimum absolute atomic E-state index is 0.0405. The Labute approximate surface area is 126 Å². The maximum Gasteiger partial charge on any atom is 0.310 e. The van der Waals surface area contributed by atoms with Gasteiger partial charge in [-0.1, -0.05) is 23.9 Å². The number of benzene rings is 1. The predicted molar refractivity (Wildman–Crippen MR) is 78.9 cm³/mol. The van der Waals surface area contributed by atoms with Crippen molar-refractivity contribution in [2.75, 3.05) is 0 Å². The van der Waals surface area contributed by atoms with Crippen LogP contribution in [0.1, 0.15) is 34.3 Å². The second-order valence-electron chi connectivity index (χ2n) is 4.99. The van der Waals surface area contributed by atoms with E-state index in [9.17, 15) is 9.59 Å². The number of fused-ring (bicyclic) bond motifs is 2. The Balaban J connectivity index is 2.08. The van der Waals surface area contributed by atoms with Crippen molar-refractivity contribution in [2.24, 2.45) is 0 Å². The molecule has 2 heterocycles. The lowest BCUT2D eigenvalue weighted by Gasteiger charge is -2.10. The molecule has 21 heavy (non-hydrogen) atoms. The Hall–Kier alpha value is -2.14. The summed E-state index contributed by atoms with van der Waals surface area (Å²) in [6.45, 7) is 1.64. The van der Waals surface area contributed by atoms with Gasteiger partial charge in [0.2, 0.25) is 0 Å². The number of aliphatic carboxylic acids is 1. The highest BCUT2D eigenvalue weighted by atomic mass is 32.2. The first-order valence-electron chi connectivity index (χ1n) is 6.58. The molecule has 2 aromatic rings. The smallest absolute Gasteiger partial charge is 0.310 e. The van der Waals surface area contributed by atoms with Crippen LogP contribution in [0.4, 0.5) is 0 Å². The van der Waals surface area contributed by atoms with Gasteiger partial charge in [-0.05, 0) is 36.2 Å². The van der Waals surface area contributed by atoms with Crippen molar-refractivity contribution in [1.82, 2.24) is 4.98 Å². The molecule has 3 rings (SSSR count). The molecule has 0 fully saturated rings. The molecule has 1 aromatic heterocycles. The van der Waals surface area contributed by atoms with Crippen molar-refractivity contribution in [3.8, 4) is 0 Å². The normalized spacial score (nSPS) is 14.8. The number of hydrogen-bond donors (Lipinski definition) is 1. The molecule has 1 unspecified atom stereocenters. The van der Waals surface area contributed by atoms with Crippen molar-refractivity contribution in [3.05, 3.63) is 53.2 Å². The van der Waals surface area contributed by atoms with Gasteiger partial charge in [-0.2, -0.15) is 0 Å². The van der Waals surface area contributed by atoms with Gasteiger partial charge in [-0.3, -0.25) is 9.59 Å². The molecule has 0 bridgehead atoms. The lowest BCUT2D eigenvalue weighted by molar-refractivity contribution is -0.138. The van der Waals surface area contributed by atoms with Gasteiger partial charge < -0.3 is 5.11 Å². The number of carbonyl (C=O) groups is 2. The molecular formula is C16H13NO3S. The van der Waals surface area contributed by atoms with Gasteiger partial charge in [0.1, 0.15) is 5.03 Å². The van der Waals surface area contributed by atoms with Crippen LogP contribution in [-0.4, -0.2) is 21.8 Å². The zero-order valence-corrected chi connectivity index (χ0v) is 12.2. The molecule has 0 radical (unpaired) electrons. The highest BCUT2D eigenvalue weighted by molar-refractivity contribution is 7.99. The maximum absolute atomic E-state index is 12.3. The first-order chi connectivity index (χ1) is 10.1. The van der Waals surface area contributed by atoms with Crippen molar-refractivity contribution in [1.29, 1.82) is 0 Å². The molecule has 5 heteroatoms. The van der Waals surface area contributed by atoms with E-state index in [1.54, 1.807) is 31.3 Å². The maximum atomic E-state index is 12.3. The van der Waals surface area contributed by atoms with Crippen LogP contribution < -0.4 is 0 Å². The lowest BCUT2D eigenvalue weighted by Crippen LogP contribution is -2.09. The number of carboxylic acid groups (broad SMARTS) is 1. The van der Waals surface area contributed by atoms with E-state index in [0.29, 0.717) is 17.5 Å². The van der Waals surface area contributed by atoms with Crippen LogP contribution in [0.25, 0.3) is 0 Å². The second-order valence-corrected chi connectivity index (χ2v) is 6.02. The average Bonchev–Trinajstić information content (AvgIpc) is 2.61. The van der Waals surface area contributed by atoms with Crippen LogP contribution in [0.5, 0.6) is 0 Å². The summed E-state index contributed by atoms with van der Waals surface area (Å²) in [7, 11) is 0. The minimum Gasteiger partial charge on any atom is -0.481 e. The van der Waals surface area contributed by atoms with Gasteiger partial charge in [0.15, 0.2) is 5.78 Å². The molecule has 0 saturated carbocycles. The van der Waals surface area contributed by atoms with E-state index in [1.807, 2.05) is 12.1 Å². The van der Waals surface area contributed by atoms with Gasteiger partial charge in [0.25, 0.3) is 0 Å². The third-order valence-electron chi connectivity index (χ3n) is 3.58. The number of ketones is 1. The monoisotopic (exact) mass is 299 g/mol. The van der Waals surface area contributed by atoms with E-state index >= 15 is 0 Å². The molecule has 106 valence electrons. The quantitative estimate of drug-likeness (QED) is 0.922. The summed E-state index contributed by atoms with van der Waals surface area (Å²) in [5.41, 5.74) is 2.25. The molecule has 0 saturated heterocycles. The van der Waals surface area contributed by atoms with Gasteiger partial charge in [0, 0.05) is 23.1 Å². The number of hydrogen-bond acceptors (Lipinski definition) is 4. The number of carboxylic acids is 1. The van der Waals surface area contributed by atoms with Crippen molar-refractivity contribution in [2.45, 2.75) is 29.2 Å². The zero-order valence-electron chi connectivity index (χ0n) is 11.4. The number of carbonyl (C=O) groups excluding carboxylic acids is 1. The Morgan fingerprint density at radius 2 is 2.19 bits per heavy atom. The van der Waals surface area contributed by atoms with Crippen molar-refractivity contribution >= 4 is 23.5 Å². The number of nitrogens with zero attached hydrogens (tertiary/aromatic N) is 1. The van der Waals surface area contributed by atoms with Gasteiger partial charge in [0.05, 0.1) is 5.92 Å². The van der Waals surface area contributed by atoms with Gasteiger partial charge in [-0.15, -0.1) is 0 Å². The van der Waals surface area contributed by atoms with Crippen LogP contribution in [0.3, 0.4) is 0 Å². The Bertz CT molecular complexity index is 742. The molecular weight excluding hydrogens is 286 g/mol. The van der Waals surface area contributed by atoms with Gasteiger partial charge >= 0.3 is 5.97 Å². The third-order valence-corrected chi connectivity index (χ3v) is 4.70. The standard InChI is InChI=1S/C16H13NO3S/c1-9(16(19)20)10-4-5-12-13(18)7-11-3-2-6-17-15(11)21-14(12)8-10/h2-6,8-9H,7H2,1H3,(H,19,20). The Morgan fingerprint density at radius 1 is 1.38 bits per heavy atom. The van der Waals surface area contributed by atoms with Crippen molar-refractivity contribution < 1.29 is 14.7 Å². The highest BCUT2D eigenvalue weighted by Gasteiger charge is 2.23. The zero-order chi connectivity index (χ0) is 15.0. The first-order valence-corrected chi connectivity index (χ1v) is 7.39. The van der Waals surface area contributed by atoms with E-state index in [4.69, 9.17) is 5.11 Å². The number of Topliss-reactive ketones (excluding diaryl/α,β-unsaturated/α-hetero) is 1. The van der Waals surface area contributed by atoms with Crippen molar-refractivity contribution in [3.63, 3.8) is 0 Å². The van der Waals surface area contributed by atoms with E-state index in [2.05, 4.69) is 4.98 Å². The first kappa shape index (κ1) is 13.8. The van der Waals surface area contributed by atoms with E-state index in [1.165, 1.54) is 11.8 Å². The summed E-state index contributed by atoms with van der Waals surface area (Å²) >= 11 is 1.43. The Morgan fingerprint density at radius 3 is 2.95 bits per heavy atom. The van der Waals surface area contributed by atoms with Crippen LogP contribution in [0, 0.1) is 0 Å². The molecule has 1 N–H and O–H groups in total. The summed E-state index contributed by atoms with van der Waals surface area (Å²) in [4.78, 5) is 28.5. The predicted octanol–water partition coefficient (Wildman–Crippen LogP) is 3.16. The fraction of sp³-hybridized carbons (Fsp3) is 0.188. The van der Waals surface area contributed by atoms with Crippen LogP contribution in [0.15, 0.2) is 46.5 Å². The molecule has 1 atom stereocenters. The van der Waals surface area contributed by atoms with Crippen LogP contribution >= 0.6 is 11.8 Å². The minimum atomic E-state index is -0.876. The topological polar surface area (TPSA) is 67.3 Å². The molecule has 0 amide bonds. The number of rotatable bonds is 2. The molecule has 0 spiro atoms. The third kappa shape index (κ3) is 2.56. The molecule has 0 aliphatic carbocycles. The fourth-order valence-electron chi connectivity index (χ4n) is 2.29. The van der Waals surface area contributed by atoms with Gasteiger partial charge in [-0.25, -0.2) is 4.98 Å². The number of aromatic nitrogens is 1. The van der Waals surface area contributed by atoms with E-state index < -0.39 is 11.9 Å². The molecule has 1 aliphatic heterocycles. The average molecular weight is 299 g/mol. The summed E-state index contributed by atoms with van der Waals surface area (Å²) in [6, 6.07) is 8.96. The lowest BCUT2D eigenvalue weighted by atomic mass is 9.97. The SMILES string of the molecule is CC(C(=O)O)c1ccc2c(c1)Sc1ncccc1CC2=O. The fourth-order valence-corrected chi connectivity index (χ4v) is 3.37. The second kappa shape index (κ2) is 5.33. The highest BCUT2D eigenvalue weighted by Crippen LogP contribution is 2.37. The van der Waals surface area contributed by atoms with Crippen LogP contribution in [0.2, 0.25) is 0 Å². The number of pyridine rings is 1. The summed E-state index contributed by atoms with van der Waals surface area (Å²) in [5.74, 6) is -1.44. The van der Waals surface area contributed by atoms with E-state index in [-0.39, 0.29) is 5.78 Å². The van der Waals surface area contributed by atoms with E-state index in [0.717, 1.165) is 15.5 Å². The van der Waals surface area contributed by atoms with Crippen LogP contribution in [-0.2, 0) is 11.2 Å². The summed E-state index contributed by atoms with van der Waals surface area (Å²) < 4.78 is 0. The molecule has 4 nitrogen and oxygen atoms in total.